The summed E-state index contributed by atoms with van der Waals surface area (Å²) in [4.78, 5) is 5.39. The molecule has 224 valence electrons. The average Bonchev–Trinajstić information content (AvgIpc) is 3.48. The van der Waals surface area contributed by atoms with Crippen molar-refractivity contribution in [3.8, 4) is 16.8 Å². The monoisotopic (exact) mass is 602 g/mol. The van der Waals surface area contributed by atoms with E-state index < -0.39 is 0 Å². The standard InChI is InChI=1S/C45H34N2/c1-4-13-31(14-5-1)34-19-12-20-36(29-34)47-43-22-11-10-21-39(43)45-38-24-27-42-40(37(38)25-28-44(45)47)30-35(32-15-6-2-7-16-32)23-26-41(46-42)33-17-8-3-9-18-33/h1-22,24-25,27-29,35H,23,26,30H2. The van der Waals surface area contributed by atoms with Gasteiger partial charge in [0, 0.05) is 22.2 Å². The molecule has 1 atom stereocenters. The van der Waals surface area contributed by atoms with Crippen LogP contribution in [-0.2, 0) is 6.42 Å². The molecular formula is C45H34N2. The number of hydrogen-bond acceptors (Lipinski definition) is 1. The molecule has 8 aromatic rings. The lowest BCUT2D eigenvalue weighted by molar-refractivity contribution is 0.637. The van der Waals surface area contributed by atoms with Gasteiger partial charge in [0.05, 0.1) is 16.7 Å². The van der Waals surface area contributed by atoms with Crippen molar-refractivity contribution in [1.29, 1.82) is 0 Å². The van der Waals surface area contributed by atoms with Crippen LogP contribution in [0.3, 0.4) is 0 Å². The molecule has 0 fully saturated rings. The van der Waals surface area contributed by atoms with Crippen molar-refractivity contribution in [3.63, 3.8) is 0 Å². The minimum Gasteiger partial charge on any atom is -0.309 e. The molecule has 1 unspecified atom stereocenters. The van der Waals surface area contributed by atoms with Gasteiger partial charge in [0.2, 0.25) is 0 Å². The molecule has 2 heterocycles. The van der Waals surface area contributed by atoms with E-state index in [9.17, 15) is 0 Å². The van der Waals surface area contributed by atoms with Crippen LogP contribution in [0.4, 0.5) is 5.69 Å². The minimum absolute atomic E-state index is 0.410. The Hall–Kier alpha value is -5.73. The molecule has 0 aliphatic carbocycles. The van der Waals surface area contributed by atoms with E-state index in [2.05, 4.69) is 168 Å². The highest BCUT2D eigenvalue weighted by atomic mass is 15.0. The molecule has 2 heteroatoms. The third-order valence-corrected chi connectivity index (χ3v) is 9.95. The van der Waals surface area contributed by atoms with Crippen LogP contribution in [0.1, 0.15) is 35.4 Å². The second-order valence-corrected chi connectivity index (χ2v) is 12.7. The molecule has 7 aromatic carbocycles. The van der Waals surface area contributed by atoms with Crippen molar-refractivity contribution in [2.45, 2.75) is 25.2 Å². The summed E-state index contributed by atoms with van der Waals surface area (Å²) in [6.45, 7) is 0. The second-order valence-electron chi connectivity index (χ2n) is 12.7. The van der Waals surface area contributed by atoms with Crippen LogP contribution in [0.15, 0.2) is 169 Å². The molecule has 0 N–H and O–H groups in total. The first-order chi connectivity index (χ1) is 23.3. The molecule has 1 aromatic heterocycles. The highest BCUT2D eigenvalue weighted by Crippen LogP contribution is 2.43. The van der Waals surface area contributed by atoms with E-state index in [1.165, 1.54) is 71.8 Å². The first kappa shape index (κ1) is 27.6. The summed E-state index contributed by atoms with van der Waals surface area (Å²) in [5, 5.41) is 5.17. The van der Waals surface area contributed by atoms with Gasteiger partial charge >= 0.3 is 0 Å². The molecular weight excluding hydrogens is 569 g/mol. The zero-order valence-corrected chi connectivity index (χ0v) is 26.2. The highest BCUT2D eigenvalue weighted by Gasteiger charge is 2.23. The molecule has 0 saturated heterocycles. The van der Waals surface area contributed by atoms with Gasteiger partial charge in [0.15, 0.2) is 0 Å². The highest BCUT2D eigenvalue weighted by molar-refractivity contribution is 6.22. The summed E-state index contributed by atoms with van der Waals surface area (Å²) in [5.41, 5.74) is 12.3. The SMILES string of the molecule is c1ccc(C2=Nc3ccc4c(ccc5c4c4ccccc4n5-c4cccc(-c5ccccc5)c4)c3CC(c3ccccc3)CC2)cc1. The predicted molar refractivity (Wildman–Crippen MR) is 198 cm³/mol. The number of nitrogens with zero attached hydrogens (tertiary/aromatic N) is 2. The van der Waals surface area contributed by atoms with Crippen molar-refractivity contribution >= 4 is 44.0 Å². The van der Waals surface area contributed by atoms with E-state index in [0.717, 1.165) is 24.9 Å². The Morgan fingerprint density at radius 1 is 0.511 bits per heavy atom. The topological polar surface area (TPSA) is 17.3 Å². The van der Waals surface area contributed by atoms with Gasteiger partial charge in [0.25, 0.3) is 0 Å². The average molecular weight is 603 g/mol. The smallest absolute Gasteiger partial charge is 0.0671 e. The maximum atomic E-state index is 5.39. The van der Waals surface area contributed by atoms with E-state index in [1.54, 1.807) is 0 Å². The Balaban J connectivity index is 1.28. The van der Waals surface area contributed by atoms with Crippen molar-refractivity contribution in [2.24, 2.45) is 4.99 Å². The number of aliphatic imine (C=N–C) groups is 1. The summed E-state index contributed by atoms with van der Waals surface area (Å²) in [6.07, 6.45) is 2.98. The number of hydrogen-bond donors (Lipinski definition) is 0. The molecule has 0 amide bonds. The first-order valence-electron chi connectivity index (χ1n) is 16.6. The van der Waals surface area contributed by atoms with Crippen LogP contribution in [0.2, 0.25) is 0 Å². The number of aromatic nitrogens is 1. The van der Waals surface area contributed by atoms with Gasteiger partial charge in [-0.25, -0.2) is 0 Å². The van der Waals surface area contributed by atoms with Gasteiger partial charge in [-0.2, -0.15) is 0 Å². The third kappa shape index (κ3) is 4.85. The number of para-hydroxylation sites is 1. The Bertz CT molecular complexity index is 2420. The van der Waals surface area contributed by atoms with Crippen LogP contribution in [-0.4, -0.2) is 10.3 Å². The first-order valence-corrected chi connectivity index (χ1v) is 16.6. The summed E-state index contributed by atoms with van der Waals surface area (Å²) < 4.78 is 2.44. The van der Waals surface area contributed by atoms with Gasteiger partial charge in [-0.1, -0.05) is 133 Å². The van der Waals surface area contributed by atoms with Gasteiger partial charge in [-0.3, -0.25) is 4.99 Å². The molecule has 0 radical (unpaired) electrons. The number of fused-ring (bicyclic) bond motifs is 7. The van der Waals surface area contributed by atoms with Gasteiger partial charge < -0.3 is 4.57 Å². The second kappa shape index (κ2) is 11.6. The molecule has 1 aliphatic rings. The Kier molecular flexibility index (Phi) is 6.79. The van der Waals surface area contributed by atoms with E-state index in [4.69, 9.17) is 4.99 Å². The lowest BCUT2D eigenvalue weighted by atomic mass is 9.83. The lowest BCUT2D eigenvalue weighted by Gasteiger charge is -2.24. The van der Waals surface area contributed by atoms with Crippen molar-refractivity contribution in [1.82, 2.24) is 4.57 Å². The molecule has 9 rings (SSSR count). The maximum absolute atomic E-state index is 5.39. The fourth-order valence-electron chi connectivity index (χ4n) is 7.69. The van der Waals surface area contributed by atoms with Crippen LogP contribution < -0.4 is 0 Å². The third-order valence-electron chi connectivity index (χ3n) is 9.95. The summed E-state index contributed by atoms with van der Waals surface area (Å²) in [5.74, 6) is 0.410. The summed E-state index contributed by atoms with van der Waals surface area (Å²) >= 11 is 0. The summed E-state index contributed by atoms with van der Waals surface area (Å²) in [6, 6.07) is 59.5. The molecule has 0 spiro atoms. The van der Waals surface area contributed by atoms with Crippen LogP contribution in [0, 0.1) is 0 Å². The quantitative estimate of drug-likeness (QED) is 0.191. The van der Waals surface area contributed by atoms with Crippen LogP contribution in [0.25, 0.3) is 49.4 Å². The van der Waals surface area contributed by atoms with E-state index in [1.807, 2.05) is 0 Å². The van der Waals surface area contributed by atoms with Gasteiger partial charge in [0.1, 0.15) is 0 Å². The Labute approximate surface area is 275 Å². The van der Waals surface area contributed by atoms with Crippen molar-refractivity contribution < 1.29 is 0 Å². The fraction of sp³-hybridized carbons (Fsp3) is 0.0889. The maximum Gasteiger partial charge on any atom is 0.0671 e. The van der Waals surface area contributed by atoms with E-state index >= 15 is 0 Å². The summed E-state index contributed by atoms with van der Waals surface area (Å²) in [7, 11) is 0. The lowest BCUT2D eigenvalue weighted by Crippen LogP contribution is -2.11. The molecule has 0 saturated carbocycles. The number of rotatable bonds is 4. The Morgan fingerprint density at radius 3 is 2.00 bits per heavy atom. The van der Waals surface area contributed by atoms with E-state index in [0.29, 0.717) is 5.92 Å². The number of benzene rings is 7. The van der Waals surface area contributed by atoms with Gasteiger partial charge in [-0.15, -0.1) is 0 Å². The minimum atomic E-state index is 0.410. The predicted octanol–water partition coefficient (Wildman–Crippen LogP) is 11.8. The molecule has 47 heavy (non-hydrogen) atoms. The normalized spacial score (nSPS) is 14.9. The van der Waals surface area contributed by atoms with E-state index in [-0.39, 0.29) is 0 Å². The fourth-order valence-corrected chi connectivity index (χ4v) is 7.69. The molecule has 0 bridgehead atoms. The zero-order chi connectivity index (χ0) is 31.2. The van der Waals surface area contributed by atoms with Gasteiger partial charge in [-0.05, 0) is 94.1 Å². The van der Waals surface area contributed by atoms with Crippen molar-refractivity contribution in [3.05, 3.63) is 180 Å². The van der Waals surface area contributed by atoms with Crippen LogP contribution in [0.5, 0.6) is 0 Å². The van der Waals surface area contributed by atoms with Crippen LogP contribution >= 0.6 is 0 Å². The Morgan fingerprint density at radius 2 is 1.19 bits per heavy atom. The largest absolute Gasteiger partial charge is 0.309 e. The molecule has 1 aliphatic heterocycles. The molecule has 2 nitrogen and oxygen atoms in total. The van der Waals surface area contributed by atoms with Crippen molar-refractivity contribution in [2.75, 3.05) is 0 Å². The zero-order valence-electron chi connectivity index (χ0n) is 26.2.